The van der Waals surface area contributed by atoms with Gasteiger partial charge in [0, 0.05) is 17.8 Å². The molecule has 0 saturated heterocycles. The highest BCUT2D eigenvalue weighted by Crippen LogP contribution is 2.51. The van der Waals surface area contributed by atoms with Crippen LogP contribution in [0.1, 0.15) is 56.5 Å². The maximum Gasteiger partial charge on any atom is 0.178 e. The first-order chi connectivity index (χ1) is 13.6. The van der Waals surface area contributed by atoms with E-state index in [9.17, 15) is 0 Å². The lowest BCUT2D eigenvalue weighted by Gasteiger charge is -2.26. The van der Waals surface area contributed by atoms with Gasteiger partial charge in [-0.3, -0.25) is 0 Å². The third-order valence-electron chi connectivity index (χ3n) is 5.75. The molecule has 4 nitrogen and oxygen atoms in total. The monoisotopic (exact) mass is 370 g/mol. The smallest absolute Gasteiger partial charge is 0.178 e. The van der Waals surface area contributed by atoms with Crippen LogP contribution in [0.3, 0.4) is 0 Å². The van der Waals surface area contributed by atoms with Crippen LogP contribution in [0.25, 0.3) is 0 Å². The van der Waals surface area contributed by atoms with Gasteiger partial charge in [0.25, 0.3) is 0 Å². The first-order valence-corrected chi connectivity index (χ1v) is 10.2. The Labute approximate surface area is 166 Å². The molecule has 0 radical (unpaired) electrons. The van der Waals surface area contributed by atoms with E-state index in [1.807, 2.05) is 0 Å². The molecule has 0 spiro atoms. The van der Waals surface area contributed by atoms with Crippen molar-refractivity contribution in [2.24, 2.45) is 0 Å². The Kier molecular flexibility index (Phi) is 3.90. The van der Waals surface area contributed by atoms with Crippen LogP contribution in [0.2, 0.25) is 0 Å². The summed E-state index contributed by atoms with van der Waals surface area (Å²) in [6, 6.07) is 19.3. The van der Waals surface area contributed by atoms with E-state index in [0.29, 0.717) is 11.8 Å². The Morgan fingerprint density at radius 2 is 1.32 bits per heavy atom. The summed E-state index contributed by atoms with van der Waals surface area (Å²) in [7, 11) is 0. The van der Waals surface area contributed by atoms with Gasteiger partial charge in [0.2, 0.25) is 0 Å². The molecule has 0 N–H and O–H groups in total. The van der Waals surface area contributed by atoms with Crippen LogP contribution in [-0.2, 0) is 6.42 Å². The van der Waals surface area contributed by atoms with Gasteiger partial charge in [-0.2, -0.15) is 0 Å². The standard InChI is InChI=1S/C24H26N4/c1-15(2)21-22(16(3)4)26-24-23(25-21)27(18-11-6-5-7-12-18)20-14-17-10-8-9-13-19(17)28(20)24/h5-13,15-16,20H,14H2,1-4H3. The average molecular weight is 371 g/mol. The van der Waals surface area contributed by atoms with Gasteiger partial charge in [-0.05, 0) is 35.6 Å². The molecular weight excluding hydrogens is 344 g/mol. The Balaban J connectivity index is 1.77. The van der Waals surface area contributed by atoms with E-state index in [1.165, 1.54) is 16.9 Å². The van der Waals surface area contributed by atoms with E-state index in [0.717, 1.165) is 29.4 Å². The number of rotatable bonds is 3. The third-order valence-corrected chi connectivity index (χ3v) is 5.75. The molecule has 1 atom stereocenters. The lowest BCUT2D eigenvalue weighted by molar-refractivity contribution is 0.721. The molecular formula is C24H26N4. The second-order valence-corrected chi connectivity index (χ2v) is 8.34. The molecule has 142 valence electrons. The highest BCUT2D eigenvalue weighted by Gasteiger charge is 2.45. The molecule has 1 unspecified atom stereocenters. The molecule has 2 aromatic carbocycles. The summed E-state index contributed by atoms with van der Waals surface area (Å²) in [5, 5.41) is 0. The summed E-state index contributed by atoms with van der Waals surface area (Å²) in [6.45, 7) is 8.84. The predicted molar refractivity (Wildman–Crippen MR) is 115 cm³/mol. The van der Waals surface area contributed by atoms with Crippen molar-refractivity contribution in [3.8, 4) is 0 Å². The maximum atomic E-state index is 5.21. The van der Waals surface area contributed by atoms with Gasteiger partial charge in [-0.1, -0.05) is 64.1 Å². The molecule has 4 heteroatoms. The van der Waals surface area contributed by atoms with Crippen LogP contribution < -0.4 is 9.80 Å². The Bertz CT molecular complexity index is 999. The second kappa shape index (κ2) is 6.33. The molecule has 3 aromatic rings. The topological polar surface area (TPSA) is 32.3 Å². The van der Waals surface area contributed by atoms with Crippen LogP contribution in [-0.4, -0.2) is 16.1 Å². The molecule has 5 rings (SSSR count). The first-order valence-electron chi connectivity index (χ1n) is 10.2. The zero-order valence-electron chi connectivity index (χ0n) is 16.9. The number of benzene rings is 2. The minimum absolute atomic E-state index is 0.192. The van der Waals surface area contributed by atoms with E-state index in [4.69, 9.17) is 9.97 Å². The first kappa shape index (κ1) is 17.2. The third kappa shape index (κ3) is 2.44. The number of hydrogen-bond donors (Lipinski definition) is 0. The van der Waals surface area contributed by atoms with Crippen molar-refractivity contribution in [1.82, 2.24) is 9.97 Å². The fourth-order valence-corrected chi connectivity index (χ4v) is 4.47. The van der Waals surface area contributed by atoms with Crippen molar-refractivity contribution >= 4 is 23.0 Å². The van der Waals surface area contributed by atoms with E-state index >= 15 is 0 Å². The molecule has 1 aromatic heterocycles. The fourth-order valence-electron chi connectivity index (χ4n) is 4.47. The van der Waals surface area contributed by atoms with Crippen LogP contribution in [0.4, 0.5) is 23.0 Å². The van der Waals surface area contributed by atoms with Crippen LogP contribution in [0.15, 0.2) is 54.6 Å². The van der Waals surface area contributed by atoms with E-state index in [1.54, 1.807) is 0 Å². The van der Waals surface area contributed by atoms with Gasteiger partial charge >= 0.3 is 0 Å². The highest BCUT2D eigenvalue weighted by molar-refractivity contribution is 5.87. The molecule has 28 heavy (non-hydrogen) atoms. The van der Waals surface area contributed by atoms with Gasteiger partial charge in [0.15, 0.2) is 11.6 Å². The molecule has 0 saturated carbocycles. The van der Waals surface area contributed by atoms with Crippen LogP contribution in [0.5, 0.6) is 0 Å². The number of fused-ring (bicyclic) bond motifs is 5. The molecule has 2 aliphatic heterocycles. The van der Waals surface area contributed by atoms with Gasteiger partial charge < -0.3 is 9.80 Å². The summed E-state index contributed by atoms with van der Waals surface area (Å²) < 4.78 is 0. The van der Waals surface area contributed by atoms with Gasteiger partial charge in [-0.25, -0.2) is 9.97 Å². The zero-order valence-corrected chi connectivity index (χ0v) is 16.9. The van der Waals surface area contributed by atoms with Crippen molar-refractivity contribution in [1.29, 1.82) is 0 Å². The number of hydrogen-bond acceptors (Lipinski definition) is 4. The number of para-hydroxylation sites is 2. The van der Waals surface area contributed by atoms with Gasteiger partial charge in [-0.15, -0.1) is 0 Å². The summed E-state index contributed by atoms with van der Waals surface area (Å²) in [6.07, 6.45) is 1.16. The Hall–Kier alpha value is -2.88. The molecule has 3 heterocycles. The van der Waals surface area contributed by atoms with E-state index in [2.05, 4.69) is 92.1 Å². The zero-order chi connectivity index (χ0) is 19.4. The van der Waals surface area contributed by atoms with Gasteiger partial charge in [0.05, 0.1) is 11.4 Å². The number of nitrogens with zero attached hydrogens (tertiary/aromatic N) is 4. The van der Waals surface area contributed by atoms with E-state index in [-0.39, 0.29) is 6.17 Å². The molecule has 0 bridgehead atoms. The lowest BCUT2D eigenvalue weighted by atomic mass is 10.0. The molecule has 0 amide bonds. The summed E-state index contributed by atoms with van der Waals surface area (Å²) in [4.78, 5) is 15.2. The predicted octanol–water partition coefficient (Wildman–Crippen LogP) is 5.90. The summed E-state index contributed by atoms with van der Waals surface area (Å²) >= 11 is 0. The molecule has 2 aliphatic rings. The lowest BCUT2D eigenvalue weighted by Crippen LogP contribution is -2.36. The van der Waals surface area contributed by atoms with Crippen molar-refractivity contribution in [2.45, 2.75) is 52.1 Å². The minimum atomic E-state index is 0.192. The van der Waals surface area contributed by atoms with Gasteiger partial charge in [0.1, 0.15) is 6.17 Å². The number of anilines is 4. The summed E-state index contributed by atoms with van der Waals surface area (Å²) in [5.74, 6) is 2.67. The number of aromatic nitrogens is 2. The highest BCUT2D eigenvalue weighted by atomic mass is 15.5. The quantitative estimate of drug-likeness (QED) is 0.575. The van der Waals surface area contributed by atoms with Crippen molar-refractivity contribution in [3.63, 3.8) is 0 Å². The van der Waals surface area contributed by atoms with E-state index < -0.39 is 0 Å². The minimum Gasteiger partial charge on any atom is -0.301 e. The second-order valence-electron chi connectivity index (χ2n) is 8.34. The summed E-state index contributed by atoms with van der Waals surface area (Å²) in [5.41, 5.74) is 6.04. The molecule has 0 fully saturated rings. The normalized spacial score (nSPS) is 17.3. The largest absolute Gasteiger partial charge is 0.301 e. The fraction of sp³-hybridized carbons (Fsp3) is 0.333. The van der Waals surface area contributed by atoms with Crippen molar-refractivity contribution in [3.05, 3.63) is 71.5 Å². The Morgan fingerprint density at radius 1 is 0.750 bits per heavy atom. The van der Waals surface area contributed by atoms with Crippen molar-refractivity contribution in [2.75, 3.05) is 9.80 Å². The SMILES string of the molecule is CC(C)c1nc2c(nc1C(C)C)N1c3ccccc3CC1N2c1ccccc1. The van der Waals surface area contributed by atoms with Crippen molar-refractivity contribution < 1.29 is 0 Å². The molecule has 0 aliphatic carbocycles. The van der Waals surface area contributed by atoms with Crippen LogP contribution >= 0.6 is 0 Å². The van der Waals surface area contributed by atoms with Crippen LogP contribution in [0, 0.1) is 0 Å². The maximum absolute atomic E-state index is 5.21. The average Bonchev–Trinajstić information content (AvgIpc) is 3.21. The Morgan fingerprint density at radius 3 is 1.96 bits per heavy atom.